The van der Waals surface area contributed by atoms with Crippen LogP contribution >= 0.6 is 0 Å². The van der Waals surface area contributed by atoms with Gasteiger partial charge in [0.25, 0.3) is 5.91 Å². The summed E-state index contributed by atoms with van der Waals surface area (Å²) < 4.78 is 0. The fraction of sp³-hybridized carbons (Fsp3) is 0.571. The number of urea groups is 1. The van der Waals surface area contributed by atoms with Crippen molar-refractivity contribution in [3.8, 4) is 0 Å². The fourth-order valence-electron chi connectivity index (χ4n) is 4.37. The van der Waals surface area contributed by atoms with Crippen LogP contribution in [0.25, 0.3) is 0 Å². The summed E-state index contributed by atoms with van der Waals surface area (Å²) in [6.07, 6.45) is 4.87. The Morgan fingerprint density at radius 2 is 1.78 bits per heavy atom. The largest absolute Gasteiger partial charge is 0.341 e. The Morgan fingerprint density at radius 3 is 2.41 bits per heavy atom. The van der Waals surface area contributed by atoms with Crippen LogP contribution in [-0.4, -0.2) is 52.8 Å². The predicted molar refractivity (Wildman–Crippen MR) is 101 cm³/mol. The molecule has 27 heavy (non-hydrogen) atoms. The number of carbonyl (C=O) groups excluding carboxylic acids is 3. The van der Waals surface area contributed by atoms with Gasteiger partial charge in [-0.25, -0.2) is 4.79 Å². The van der Waals surface area contributed by atoms with Crippen LogP contribution in [0.5, 0.6) is 0 Å². The Labute approximate surface area is 159 Å². The van der Waals surface area contributed by atoms with E-state index in [4.69, 9.17) is 0 Å². The van der Waals surface area contributed by atoms with Crippen molar-refractivity contribution < 1.29 is 14.4 Å². The first kappa shape index (κ1) is 18.0. The highest BCUT2D eigenvalue weighted by atomic mass is 16.2. The smallest absolute Gasteiger partial charge is 0.325 e. The first-order valence-corrected chi connectivity index (χ1v) is 9.93. The topological polar surface area (TPSA) is 69.7 Å². The van der Waals surface area contributed by atoms with Crippen LogP contribution in [0.2, 0.25) is 0 Å². The average Bonchev–Trinajstić information content (AvgIpc) is 3.49. The minimum Gasteiger partial charge on any atom is -0.341 e. The summed E-state index contributed by atoms with van der Waals surface area (Å²) in [6.45, 7) is 3.03. The van der Waals surface area contributed by atoms with Crippen molar-refractivity contribution in [2.45, 2.75) is 44.6 Å². The van der Waals surface area contributed by atoms with Crippen LogP contribution in [0.3, 0.4) is 0 Å². The summed E-state index contributed by atoms with van der Waals surface area (Å²) in [4.78, 5) is 40.5. The van der Waals surface area contributed by atoms with E-state index >= 15 is 0 Å². The van der Waals surface area contributed by atoms with Gasteiger partial charge in [0.15, 0.2) is 0 Å². The van der Waals surface area contributed by atoms with E-state index in [-0.39, 0.29) is 24.3 Å². The first-order chi connectivity index (χ1) is 13.0. The lowest BCUT2D eigenvalue weighted by molar-refractivity contribution is -0.139. The highest BCUT2D eigenvalue weighted by Crippen LogP contribution is 2.42. The van der Waals surface area contributed by atoms with Crippen molar-refractivity contribution in [3.05, 3.63) is 35.9 Å². The summed E-state index contributed by atoms with van der Waals surface area (Å²) >= 11 is 0. The zero-order valence-corrected chi connectivity index (χ0v) is 15.8. The molecule has 6 nitrogen and oxygen atoms in total. The van der Waals surface area contributed by atoms with E-state index in [0.717, 1.165) is 37.0 Å². The van der Waals surface area contributed by atoms with Crippen LogP contribution in [0.1, 0.15) is 38.2 Å². The summed E-state index contributed by atoms with van der Waals surface area (Å²) in [5.41, 5.74) is 0.515. The highest BCUT2D eigenvalue weighted by molar-refractivity contribution is 6.09. The van der Waals surface area contributed by atoms with Gasteiger partial charge in [0, 0.05) is 13.1 Å². The predicted octanol–water partition coefficient (Wildman–Crippen LogP) is 2.19. The molecule has 1 N–H and O–H groups in total. The Morgan fingerprint density at radius 1 is 1.11 bits per heavy atom. The van der Waals surface area contributed by atoms with Gasteiger partial charge in [-0.15, -0.1) is 0 Å². The van der Waals surface area contributed by atoms with Crippen molar-refractivity contribution in [1.29, 1.82) is 0 Å². The fourth-order valence-corrected chi connectivity index (χ4v) is 4.37. The lowest BCUT2D eigenvalue weighted by Gasteiger charge is -2.33. The van der Waals surface area contributed by atoms with Gasteiger partial charge in [0.2, 0.25) is 5.91 Å². The zero-order chi connectivity index (χ0) is 19.0. The molecule has 3 fully saturated rings. The van der Waals surface area contributed by atoms with E-state index in [9.17, 15) is 14.4 Å². The maximum atomic E-state index is 12.7. The molecule has 0 radical (unpaired) electrons. The Kier molecular flexibility index (Phi) is 4.66. The number of hydrogen-bond donors (Lipinski definition) is 1. The standard InChI is InChI=1S/C21H27N3O3/c1-21(17-7-8-17)19(26)24(20(27)22-21)14-18(25)23-11-9-16(10-12-23)13-15-5-3-2-4-6-15/h2-6,16-17H,7-14H2,1H3,(H,22,27). The van der Waals surface area contributed by atoms with E-state index in [1.165, 1.54) is 5.56 Å². The molecule has 1 atom stereocenters. The molecule has 0 aromatic heterocycles. The molecule has 2 heterocycles. The van der Waals surface area contributed by atoms with Gasteiger partial charge in [0.05, 0.1) is 0 Å². The van der Waals surface area contributed by atoms with Crippen molar-refractivity contribution >= 4 is 17.8 Å². The molecule has 0 bridgehead atoms. The molecule has 6 heteroatoms. The van der Waals surface area contributed by atoms with E-state index in [0.29, 0.717) is 19.0 Å². The number of likely N-dealkylation sites (tertiary alicyclic amines) is 1. The molecule has 2 aliphatic heterocycles. The number of amides is 4. The van der Waals surface area contributed by atoms with Gasteiger partial charge < -0.3 is 10.2 Å². The molecule has 2 saturated heterocycles. The quantitative estimate of drug-likeness (QED) is 0.809. The second-order valence-corrected chi connectivity index (χ2v) is 8.31. The maximum Gasteiger partial charge on any atom is 0.325 e. The Hall–Kier alpha value is -2.37. The number of benzene rings is 1. The molecular weight excluding hydrogens is 342 g/mol. The summed E-state index contributed by atoms with van der Waals surface area (Å²) in [5.74, 6) is 0.410. The van der Waals surface area contributed by atoms with E-state index in [1.54, 1.807) is 11.8 Å². The normalized spacial score (nSPS) is 26.4. The molecule has 144 valence electrons. The molecule has 4 amide bonds. The molecular formula is C21H27N3O3. The van der Waals surface area contributed by atoms with E-state index < -0.39 is 11.6 Å². The number of nitrogens with one attached hydrogen (secondary N) is 1. The van der Waals surface area contributed by atoms with Crippen molar-refractivity contribution in [2.75, 3.05) is 19.6 Å². The third kappa shape index (κ3) is 3.57. The van der Waals surface area contributed by atoms with Crippen LogP contribution in [-0.2, 0) is 16.0 Å². The number of piperidine rings is 1. The van der Waals surface area contributed by atoms with Gasteiger partial charge in [-0.05, 0) is 56.4 Å². The second kappa shape index (κ2) is 6.98. The number of nitrogens with zero attached hydrogens (tertiary/aromatic N) is 2. The van der Waals surface area contributed by atoms with Crippen LogP contribution in [0.15, 0.2) is 30.3 Å². The molecule has 1 aliphatic carbocycles. The van der Waals surface area contributed by atoms with Gasteiger partial charge in [0.1, 0.15) is 12.1 Å². The molecule has 1 aromatic carbocycles. The van der Waals surface area contributed by atoms with E-state index in [2.05, 4.69) is 29.6 Å². The summed E-state index contributed by atoms with van der Waals surface area (Å²) in [7, 11) is 0. The maximum absolute atomic E-state index is 12.7. The molecule has 3 aliphatic rings. The van der Waals surface area contributed by atoms with Gasteiger partial charge >= 0.3 is 6.03 Å². The number of rotatable bonds is 5. The highest BCUT2D eigenvalue weighted by Gasteiger charge is 2.56. The SMILES string of the molecule is CC1(C2CC2)NC(=O)N(CC(=O)N2CCC(Cc3ccccc3)CC2)C1=O. The number of hydrogen-bond acceptors (Lipinski definition) is 3. The first-order valence-electron chi connectivity index (χ1n) is 9.93. The summed E-state index contributed by atoms with van der Waals surface area (Å²) in [6, 6.07) is 10.00. The van der Waals surface area contributed by atoms with Crippen molar-refractivity contribution in [2.24, 2.45) is 11.8 Å². The van der Waals surface area contributed by atoms with Gasteiger partial charge in [-0.1, -0.05) is 30.3 Å². The molecule has 4 rings (SSSR count). The van der Waals surface area contributed by atoms with Crippen LogP contribution in [0.4, 0.5) is 4.79 Å². The minimum atomic E-state index is -0.819. The van der Waals surface area contributed by atoms with Crippen molar-refractivity contribution in [1.82, 2.24) is 15.1 Å². The molecule has 1 unspecified atom stereocenters. The zero-order valence-electron chi connectivity index (χ0n) is 15.8. The van der Waals surface area contributed by atoms with Gasteiger partial charge in [-0.2, -0.15) is 0 Å². The lowest BCUT2D eigenvalue weighted by Crippen LogP contribution is -2.48. The Bertz CT molecular complexity index is 738. The number of imide groups is 1. The summed E-state index contributed by atoms with van der Waals surface area (Å²) in [5, 5.41) is 2.80. The van der Waals surface area contributed by atoms with Crippen LogP contribution < -0.4 is 5.32 Å². The third-order valence-corrected chi connectivity index (χ3v) is 6.32. The van der Waals surface area contributed by atoms with Crippen LogP contribution in [0, 0.1) is 11.8 Å². The monoisotopic (exact) mass is 369 g/mol. The molecule has 1 saturated carbocycles. The third-order valence-electron chi connectivity index (χ3n) is 6.32. The van der Waals surface area contributed by atoms with Crippen molar-refractivity contribution in [3.63, 3.8) is 0 Å². The minimum absolute atomic E-state index is 0.128. The lowest BCUT2D eigenvalue weighted by atomic mass is 9.90. The average molecular weight is 369 g/mol. The molecule has 1 aromatic rings. The molecule has 0 spiro atoms. The Balaban J connectivity index is 1.30. The van der Waals surface area contributed by atoms with Gasteiger partial charge in [-0.3, -0.25) is 14.5 Å². The number of carbonyl (C=O) groups is 3. The second-order valence-electron chi connectivity index (χ2n) is 8.31. The van der Waals surface area contributed by atoms with E-state index in [1.807, 2.05) is 6.07 Å².